The molecule has 2 rings (SSSR count). The van der Waals surface area contributed by atoms with Gasteiger partial charge in [0.15, 0.2) is 0 Å². The third kappa shape index (κ3) is 7.00. The van der Waals surface area contributed by atoms with Crippen LogP contribution in [-0.4, -0.2) is 62.7 Å². The van der Waals surface area contributed by atoms with Crippen LogP contribution >= 0.6 is 15.9 Å². The maximum Gasteiger partial charge on any atom is 0.304 e. The van der Waals surface area contributed by atoms with Crippen LogP contribution in [0.15, 0.2) is 53.0 Å². The van der Waals surface area contributed by atoms with Gasteiger partial charge in [-0.15, -0.1) is 0 Å². The molecule has 0 bridgehead atoms. The molecule has 0 spiro atoms. The second-order valence-electron chi connectivity index (χ2n) is 7.87. The van der Waals surface area contributed by atoms with Gasteiger partial charge in [-0.05, 0) is 43.2 Å². The van der Waals surface area contributed by atoms with Crippen LogP contribution in [0.5, 0.6) is 0 Å². The second kappa shape index (κ2) is 12.3. The van der Waals surface area contributed by atoms with Crippen molar-refractivity contribution in [3.63, 3.8) is 0 Å². The minimum absolute atomic E-state index is 0.0616. The predicted octanol–water partition coefficient (Wildman–Crippen LogP) is 3.14. The zero-order chi connectivity index (χ0) is 25.5. The Bertz CT molecular complexity index is 1110. The maximum absolute atomic E-state index is 14.6. The first-order chi connectivity index (χ1) is 16.0. The molecule has 34 heavy (non-hydrogen) atoms. The topological polar surface area (TPSA) is 90.0 Å². The number of nitrogens with one attached hydrogen (secondary N) is 1. The van der Waals surface area contributed by atoms with E-state index in [1.165, 1.54) is 37.2 Å². The quantitative estimate of drug-likeness (QED) is 0.460. The summed E-state index contributed by atoms with van der Waals surface area (Å²) >= 11 is 3.39. The number of nitrogens with zero attached hydrogens (tertiary/aromatic N) is 3. The number of hydrogen-bond acceptors (Lipinski definition) is 4. The lowest BCUT2D eigenvalue weighted by Crippen LogP contribution is -2.52. The van der Waals surface area contributed by atoms with Crippen molar-refractivity contribution in [1.29, 1.82) is 0 Å². The highest BCUT2D eigenvalue weighted by Gasteiger charge is 2.33. The van der Waals surface area contributed by atoms with Gasteiger partial charge in [-0.2, -0.15) is 12.7 Å². The van der Waals surface area contributed by atoms with Gasteiger partial charge in [-0.3, -0.25) is 9.59 Å². The summed E-state index contributed by atoms with van der Waals surface area (Å²) in [5.74, 6) is -1.79. The summed E-state index contributed by atoms with van der Waals surface area (Å²) < 4.78 is 43.0. The molecule has 1 N–H and O–H groups in total. The second-order valence-corrected chi connectivity index (χ2v) is 10.8. The third-order valence-corrected chi connectivity index (χ3v) is 7.40. The van der Waals surface area contributed by atoms with E-state index in [-0.39, 0.29) is 18.1 Å². The molecular weight excluding hydrogens is 527 g/mol. The highest BCUT2D eigenvalue weighted by atomic mass is 79.9. The number of hydrogen-bond donors (Lipinski definition) is 1. The number of anilines is 1. The largest absolute Gasteiger partial charge is 0.354 e. The zero-order valence-electron chi connectivity index (χ0n) is 19.7. The van der Waals surface area contributed by atoms with Crippen LogP contribution in [0.25, 0.3) is 0 Å². The molecule has 0 unspecified atom stereocenters. The Morgan fingerprint density at radius 3 is 2.38 bits per heavy atom. The molecule has 1 atom stereocenters. The monoisotopic (exact) mass is 556 g/mol. The summed E-state index contributed by atoms with van der Waals surface area (Å²) in [6, 6.07) is 11.7. The molecule has 2 amide bonds. The Balaban J connectivity index is 2.45. The van der Waals surface area contributed by atoms with Crippen molar-refractivity contribution < 1.29 is 22.4 Å². The van der Waals surface area contributed by atoms with E-state index in [0.717, 1.165) is 31.1 Å². The smallest absolute Gasteiger partial charge is 0.304 e. The SMILES string of the molecule is CCCNC(=O)[C@H](C)N(Cc1cccc(Br)c1)C(=O)CN(c1ccccc1F)S(=O)(=O)N(C)C. The molecule has 0 heterocycles. The van der Waals surface area contributed by atoms with E-state index in [2.05, 4.69) is 21.2 Å². The van der Waals surface area contributed by atoms with Crippen molar-refractivity contribution in [1.82, 2.24) is 14.5 Å². The first kappa shape index (κ1) is 27.7. The van der Waals surface area contributed by atoms with Gasteiger partial charge >= 0.3 is 10.2 Å². The van der Waals surface area contributed by atoms with Gasteiger partial charge in [0.05, 0.1) is 5.69 Å². The van der Waals surface area contributed by atoms with Crippen LogP contribution in [0.1, 0.15) is 25.8 Å². The molecule has 0 aromatic heterocycles. The molecule has 186 valence electrons. The molecule has 0 aliphatic heterocycles. The van der Waals surface area contributed by atoms with Crippen molar-refractivity contribution in [2.24, 2.45) is 0 Å². The van der Waals surface area contributed by atoms with Gasteiger partial charge < -0.3 is 10.2 Å². The number of para-hydroxylation sites is 1. The lowest BCUT2D eigenvalue weighted by atomic mass is 10.1. The number of carbonyl (C=O) groups excluding carboxylic acids is 2. The van der Waals surface area contributed by atoms with Crippen molar-refractivity contribution in [3.05, 3.63) is 64.4 Å². The van der Waals surface area contributed by atoms with Gasteiger partial charge in [-0.25, -0.2) is 8.70 Å². The lowest BCUT2D eigenvalue weighted by Gasteiger charge is -2.33. The molecule has 0 radical (unpaired) electrons. The summed E-state index contributed by atoms with van der Waals surface area (Å²) in [5.41, 5.74) is 0.487. The van der Waals surface area contributed by atoms with Gasteiger partial charge in [-0.1, -0.05) is 47.1 Å². The average molecular weight is 557 g/mol. The van der Waals surface area contributed by atoms with Crippen LogP contribution in [-0.2, 0) is 26.3 Å². The van der Waals surface area contributed by atoms with E-state index in [0.29, 0.717) is 6.54 Å². The van der Waals surface area contributed by atoms with Crippen LogP contribution in [0.4, 0.5) is 10.1 Å². The van der Waals surface area contributed by atoms with E-state index >= 15 is 0 Å². The van der Waals surface area contributed by atoms with E-state index in [9.17, 15) is 22.4 Å². The Kier molecular flexibility index (Phi) is 10.0. The van der Waals surface area contributed by atoms with Crippen LogP contribution in [0.3, 0.4) is 0 Å². The Hall–Kier alpha value is -2.50. The van der Waals surface area contributed by atoms with Gasteiger partial charge in [0.1, 0.15) is 18.4 Å². The van der Waals surface area contributed by atoms with Crippen LogP contribution in [0, 0.1) is 5.82 Å². The molecule has 0 aliphatic carbocycles. The maximum atomic E-state index is 14.6. The highest BCUT2D eigenvalue weighted by molar-refractivity contribution is 9.10. The first-order valence-electron chi connectivity index (χ1n) is 10.7. The average Bonchev–Trinajstić information content (AvgIpc) is 2.79. The third-order valence-electron chi connectivity index (χ3n) is 5.10. The predicted molar refractivity (Wildman–Crippen MR) is 134 cm³/mol. The Labute approximate surface area is 209 Å². The minimum Gasteiger partial charge on any atom is -0.354 e. The number of rotatable bonds is 11. The van der Waals surface area contributed by atoms with E-state index in [1.54, 1.807) is 19.1 Å². The molecular formula is C23H30BrFN4O4S. The number of amides is 2. The molecule has 2 aromatic carbocycles. The van der Waals surface area contributed by atoms with Crippen molar-refractivity contribution in [3.8, 4) is 0 Å². The molecule has 0 aliphatic rings. The number of benzene rings is 2. The van der Waals surface area contributed by atoms with Gasteiger partial charge in [0.25, 0.3) is 0 Å². The standard InChI is InChI=1S/C23H30BrFN4O4S/c1-5-13-26-23(31)17(2)28(15-18-9-8-10-19(24)14-18)22(30)16-29(34(32,33)27(3)4)21-12-7-6-11-20(21)25/h6-12,14,17H,5,13,15-16H2,1-4H3,(H,26,31)/t17-/m0/s1. The fraction of sp³-hybridized carbons (Fsp3) is 0.391. The number of halogens is 2. The molecule has 11 heteroatoms. The van der Waals surface area contributed by atoms with E-state index < -0.39 is 34.5 Å². The molecule has 0 saturated carbocycles. The fourth-order valence-corrected chi connectivity index (χ4v) is 4.68. The normalized spacial score (nSPS) is 12.3. The van der Waals surface area contributed by atoms with Crippen LogP contribution in [0.2, 0.25) is 0 Å². The molecule has 2 aromatic rings. The minimum atomic E-state index is -4.21. The van der Waals surface area contributed by atoms with E-state index in [4.69, 9.17) is 0 Å². The number of carbonyl (C=O) groups is 2. The summed E-state index contributed by atoms with van der Waals surface area (Å²) in [4.78, 5) is 27.5. The van der Waals surface area contributed by atoms with E-state index in [1.807, 2.05) is 19.1 Å². The summed E-state index contributed by atoms with van der Waals surface area (Å²) in [5, 5.41) is 2.77. The Morgan fingerprint density at radius 2 is 1.79 bits per heavy atom. The van der Waals surface area contributed by atoms with Crippen LogP contribution < -0.4 is 9.62 Å². The van der Waals surface area contributed by atoms with Crippen molar-refractivity contribution in [2.45, 2.75) is 32.9 Å². The Morgan fingerprint density at radius 1 is 1.12 bits per heavy atom. The van der Waals surface area contributed by atoms with Gasteiger partial charge in [0.2, 0.25) is 11.8 Å². The zero-order valence-corrected chi connectivity index (χ0v) is 22.1. The summed E-state index contributed by atoms with van der Waals surface area (Å²) in [7, 11) is -1.61. The lowest BCUT2D eigenvalue weighted by molar-refractivity contribution is -0.139. The molecule has 8 nitrogen and oxygen atoms in total. The van der Waals surface area contributed by atoms with Gasteiger partial charge in [0, 0.05) is 31.7 Å². The summed E-state index contributed by atoms with van der Waals surface area (Å²) in [6.45, 7) is 3.31. The highest BCUT2D eigenvalue weighted by Crippen LogP contribution is 2.24. The van der Waals surface area contributed by atoms with Crippen molar-refractivity contribution in [2.75, 3.05) is 31.5 Å². The van der Waals surface area contributed by atoms with Crippen molar-refractivity contribution >= 4 is 43.6 Å². The molecule has 0 saturated heterocycles. The summed E-state index contributed by atoms with van der Waals surface area (Å²) in [6.07, 6.45) is 0.722. The first-order valence-corrected chi connectivity index (χ1v) is 12.9. The fourth-order valence-electron chi connectivity index (χ4n) is 3.17. The molecule has 0 fully saturated rings.